The Morgan fingerprint density at radius 2 is 1.89 bits per heavy atom. The summed E-state index contributed by atoms with van der Waals surface area (Å²) in [7, 11) is 0. The van der Waals surface area contributed by atoms with Gasteiger partial charge in [0.25, 0.3) is 0 Å². The summed E-state index contributed by atoms with van der Waals surface area (Å²) in [6, 6.07) is 16.1. The fraction of sp³-hybridized carbons (Fsp3) is 0.250. The van der Waals surface area contributed by atoms with E-state index >= 15 is 0 Å². The molecule has 0 radical (unpaired) electrons. The van der Waals surface area contributed by atoms with Gasteiger partial charge in [-0.3, -0.25) is 0 Å². The van der Waals surface area contributed by atoms with Gasteiger partial charge >= 0.3 is 0 Å². The molecule has 0 heterocycles. The Balaban J connectivity index is 2.19. The number of benzene rings is 2. The SMILES string of the molecule is Cc1cccc(CC(CO)c2cccc(Cl)c2)c1. The molecule has 1 nitrogen and oxygen atoms in total. The van der Waals surface area contributed by atoms with E-state index in [0.29, 0.717) is 0 Å². The van der Waals surface area contributed by atoms with E-state index in [-0.39, 0.29) is 12.5 Å². The van der Waals surface area contributed by atoms with Crippen LogP contribution in [0.25, 0.3) is 0 Å². The van der Waals surface area contributed by atoms with E-state index < -0.39 is 0 Å². The summed E-state index contributed by atoms with van der Waals surface area (Å²) in [5.74, 6) is 0.102. The third-order valence-corrected chi connectivity index (χ3v) is 3.34. The zero-order valence-electron chi connectivity index (χ0n) is 10.4. The summed E-state index contributed by atoms with van der Waals surface area (Å²) in [6.45, 7) is 2.21. The van der Waals surface area contributed by atoms with Crippen LogP contribution in [0.5, 0.6) is 0 Å². The lowest BCUT2D eigenvalue weighted by Crippen LogP contribution is -2.07. The number of rotatable bonds is 4. The average molecular weight is 261 g/mol. The van der Waals surface area contributed by atoms with Gasteiger partial charge in [0.05, 0.1) is 6.61 Å². The molecule has 1 atom stereocenters. The first kappa shape index (κ1) is 13.1. The van der Waals surface area contributed by atoms with Crippen LogP contribution in [0.1, 0.15) is 22.6 Å². The van der Waals surface area contributed by atoms with Crippen LogP contribution in [0, 0.1) is 6.92 Å². The molecule has 0 fully saturated rings. The van der Waals surface area contributed by atoms with Gasteiger partial charge in [0, 0.05) is 10.9 Å². The summed E-state index contributed by atoms with van der Waals surface area (Å²) in [6.07, 6.45) is 0.832. The zero-order valence-corrected chi connectivity index (χ0v) is 11.2. The van der Waals surface area contributed by atoms with Gasteiger partial charge in [-0.15, -0.1) is 0 Å². The van der Waals surface area contributed by atoms with E-state index in [2.05, 4.69) is 31.2 Å². The van der Waals surface area contributed by atoms with Crippen molar-refractivity contribution in [1.82, 2.24) is 0 Å². The highest BCUT2D eigenvalue weighted by Gasteiger charge is 2.11. The van der Waals surface area contributed by atoms with Crippen molar-refractivity contribution >= 4 is 11.6 Å². The number of hydrogen-bond donors (Lipinski definition) is 1. The molecule has 0 aliphatic rings. The third kappa shape index (κ3) is 3.34. The fourth-order valence-corrected chi connectivity index (χ4v) is 2.37. The second-order valence-corrected chi connectivity index (χ2v) is 5.06. The van der Waals surface area contributed by atoms with Gasteiger partial charge in [-0.25, -0.2) is 0 Å². The quantitative estimate of drug-likeness (QED) is 0.882. The summed E-state index contributed by atoms with van der Waals surface area (Å²) in [5, 5.41) is 10.3. The molecule has 94 valence electrons. The smallest absolute Gasteiger partial charge is 0.0502 e. The first-order valence-electron chi connectivity index (χ1n) is 6.11. The van der Waals surface area contributed by atoms with Crippen molar-refractivity contribution in [1.29, 1.82) is 0 Å². The van der Waals surface area contributed by atoms with Crippen LogP contribution in [-0.4, -0.2) is 11.7 Å². The lowest BCUT2D eigenvalue weighted by Gasteiger charge is -2.15. The molecule has 0 saturated carbocycles. The van der Waals surface area contributed by atoms with Crippen molar-refractivity contribution in [2.24, 2.45) is 0 Å². The van der Waals surface area contributed by atoms with Crippen LogP contribution in [0.15, 0.2) is 48.5 Å². The van der Waals surface area contributed by atoms with E-state index in [4.69, 9.17) is 11.6 Å². The van der Waals surface area contributed by atoms with E-state index in [9.17, 15) is 5.11 Å². The van der Waals surface area contributed by atoms with E-state index in [1.807, 2.05) is 24.3 Å². The topological polar surface area (TPSA) is 20.2 Å². The molecule has 0 saturated heterocycles. The van der Waals surface area contributed by atoms with Crippen molar-refractivity contribution in [3.8, 4) is 0 Å². The van der Waals surface area contributed by atoms with Gasteiger partial charge in [-0.2, -0.15) is 0 Å². The molecule has 1 unspecified atom stereocenters. The molecule has 2 aromatic carbocycles. The Kier molecular flexibility index (Phi) is 4.40. The number of aliphatic hydroxyl groups excluding tert-OH is 1. The maximum absolute atomic E-state index is 9.56. The van der Waals surface area contributed by atoms with Crippen molar-refractivity contribution in [3.05, 3.63) is 70.2 Å². The van der Waals surface area contributed by atoms with Gasteiger partial charge in [0.2, 0.25) is 0 Å². The van der Waals surface area contributed by atoms with Crippen LogP contribution in [0.2, 0.25) is 5.02 Å². The molecule has 2 aromatic rings. The number of aliphatic hydroxyl groups is 1. The Hall–Kier alpha value is -1.31. The number of hydrogen-bond acceptors (Lipinski definition) is 1. The number of aryl methyl sites for hydroxylation is 1. The standard InChI is InChI=1S/C16H17ClO/c1-12-4-2-5-13(8-12)9-15(11-18)14-6-3-7-16(17)10-14/h2-8,10,15,18H,9,11H2,1H3. The monoisotopic (exact) mass is 260 g/mol. The lowest BCUT2D eigenvalue weighted by atomic mass is 9.92. The normalized spacial score (nSPS) is 12.4. The zero-order chi connectivity index (χ0) is 13.0. The Morgan fingerprint density at radius 3 is 2.56 bits per heavy atom. The van der Waals surface area contributed by atoms with Gasteiger partial charge in [-0.1, -0.05) is 53.6 Å². The second-order valence-electron chi connectivity index (χ2n) is 4.63. The predicted octanol–water partition coefficient (Wildman–Crippen LogP) is 3.97. The van der Waals surface area contributed by atoms with Gasteiger partial charge in [0.1, 0.15) is 0 Å². The second kappa shape index (κ2) is 6.03. The largest absolute Gasteiger partial charge is 0.396 e. The minimum atomic E-state index is 0.102. The molecule has 0 aliphatic heterocycles. The molecule has 0 aliphatic carbocycles. The maximum Gasteiger partial charge on any atom is 0.0502 e. The summed E-state index contributed by atoms with van der Waals surface area (Å²) in [4.78, 5) is 0. The van der Waals surface area contributed by atoms with Crippen molar-refractivity contribution in [2.75, 3.05) is 6.61 Å². The minimum absolute atomic E-state index is 0.102. The lowest BCUT2D eigenvalue weighted by molar-refractivity contribution is 0.264. The van der Waals surface area contributed by atoms with Gasteiger partial charge < -0.3 is 5.11 Å². The fourth-order valence-electron chi connectivity index (χ4n) is 2.17. The molecule has 18 heavy (non-hydrogen) atoms. The van der Waals surface area contributed by atoms with Crippen molar-refractivity contribution in [2.45, 2.75) is 19.3 Å². The van der Waals surface area contributed by atoms with Crippen LogP contribution in [-0.2, 0) is 6.42 Å². The van der Waals surface area contributed by atoms with Gasteiger partial charge in [0.15, 0.2) is 0 Å². The maximum atomic E-state index is 9.56. The van der Waals surface area contributed by atoms with Crippen LogP contribution in [0.4, 0.5) is 0 Å². The molecule has 0 bridgehead atoms. The third-order valence-electron chi connectivity index (χ3n) is 3.11. The molecule has 0 amide bonds. The Bertz CT molecular complexity index is 522. The number of halogens is 1. The average Bonchev–Trinajstić information content (AvgIpc) is 2.36. The highest BCUT2D eigenvalue weighted by molar-refractivity contribution is 6.30. The Morgan fingerprint density at radius 1 is 1.11 bits per heavy atom. The van der Waals surface area contributed by atoms with E-state index in [1.165, 1.54) is 11.1 Å². The molecular formula is C16H17ClO. The van der Waals surface area contributed by atoms with Gasteiger partial charge in [-0.05, 0) is 36.6 Å². The summed E-state index contributed by atoms with van der Waals surface area (Å²) >= 11 is 5.99. The van der Waals surface area contributed by atoms with E-state index in [1.54, 1.807) is 0 Å². The molecule has 0 spiro atoms. The van der Waals surface area contributed by atoms with E-state index in [0.717, 1.165) is 17.0 Å². The van der Waals surface area contributed by atoms with Crippen molar-refractivity contribution in [3.63, 3.8) is 0 Å². The molecular weight excluding hydrogens is 244 g/mol. The highest BCUT2D eigenvalue weighted by atomic mass is 35.5. The van der Waals surface area contributed by atoms with Crippen molar-refractivity contribution < 1.29 is 5.11 Å². The van der Waals surface area contributed by atoms with Crippen LogP contribution >= 0.6 is 11.6 Å². The first-order chi connectivity index (χ1) is 8.69. The summed E-state index contributed by atoms with van der Waals surface area (Å²) in [5.41, 5.74) is 3.58. The van der Waals surface area contributed by atoms with Crippen LogP contribution < -0.4 is 0 Å². The molecule has 2 rings (SSSR count). The first-order valence-corrected chi connectivity index (χ1v) is 6.48. The Labute approximate surface area is 113 Å². The predicted molar refractivity (Wildman–Crippen MR) is 76.2 cm³/mol. The highest BCUT2D eigenvalue weighted by Crippen LogP contribution is 2.23. The molecule has 0 aromatic heterocycles. The van der Waals surface area contributed by atoms with Crippen LogP contribution in [0.3, 0.4) is 0 Å². The molecule has 2 heteroatoms. The minimum Gasteiger partial charge on any atom is -0.396 e. The molecule has 1 N–H and O–H groups in total. The summed E-state index contributed by atoms with van der Waals surface area (Å²) < 4.78 is 0.